The van der Waals surface area contributed by atoms with Gasteiger partial charge in [-0.2, -0.15) is 0 Å². The third kappa shape index (κ3) is 3.63. The SMILES string of the molecule is Clc1ccc(-c2nc(-c3ccccc3)c(-c3ccccc3)n2-c2nc3ccccc3s2)cc1. The van der Waals surface area contributed by atoms with Crippen molar-refractivity contribution >= 4 is 33.2 Å². The Bertz CT molecular complexity index is 1520. The number of thiazole rings is 1. The molecule has 0 bridgehead atoms. The van der Waals surface area contributed by atoms with Crippen molar-refractivity contribution in [2.75, 3.05) is 0 Å². The number of fused-ring (bicyclic) bond motifs is 1. The standard InChI is InChI=1S/C28H18ClN3S/c29-22-17-15-21(16-18-22)27-31-25(19-9-3-1-4-10-19)26(20-11-5-2-6-12-20)32(27)28-30-23-13-7-8-14-24(23)33-28/h1-18H. The Labute approximate surface area is 200 Å². The molecule has 0 amide bonds. The molecule has 0 N–H and O–H groups in total. The summed E-state index contributed by atoms with van der Waals surface area (Å²) >= 11 is 7.87. The zero-order valence-electron chi connectivity index (χ0n) is 17.5. The topological polar surface area (TPSA) is 30.7 Å². The van der Waals surface area contributed by atoms with E-state index in [1.807, 2.05) is 60.7 Å². The number of nitrogens with zero attached hydrogens (tertiary/aromatic N) is 3. The van der Waals surface area contributed by atoms with Crippen molar-refractivity contribution in [3.8, 4) is 39.0 Å². The highest BCUT2D eigenvalue weighted by Crippen LogP contribution is 2.40. The molecule has 0 aliphatic carbocycles. The molecular weight excluding hydrogens is 446 g/mol. The zero-order valence-corrected chi connectivity index (χ0v) is 19.1. The molecule has 0 saturated carbocycles. The van der Waals surface area contributed by atoms with Crippen LogP contribution in [0.3, 0.4) is 0 Å². The average molecular weight is 464 g/mol. The molecule has 0 aliphatic rings. The van der Waals surface area contributed by atoms with Gasteiger partial charge in [-0.3, -0.25) is 4.57 Å². The van der Waals surface area contributed by atoms with E-state index in [4.69, 9.17) is 21.6 Å². The number of imidazole rings is 1. The van der Waals surface area contributed by atoms with Gasteiger partial charge >= 0.3 is 0 Å². The molecule has 33 heavy (non-hydrogen) atoms. The Morgan fingerprint density at radius 3 is 1.94 bits per heavy atom. The van der Waals surface area contributed by atoms with Crippen LogP contribution in [0.1, 0.15) is 0 Å². The van der Waals surface area contributed by atoms with E-state index < -0.39 is 0 Å². The van der Waals surface area contributed by atoms with Crippen LogP contribution >= 0.6 is 22.9 Å². The summed E-state index contributed by atoms with van der Waals surface area (Å²) in [6, 6.07) is 36.8. The lowest BCUT2D eigenvalue weighted by molar-refractivity contribution is 1.06. The van der Waals surface area contributed by atoms with Gasteiger partial charge in [0.1, 0.15) is 5.82 Å². The maximum atomic E-state index is 6.20. The molecule has 6 aromatic rings. The van der Waals surface area contributed by atoms with E-state index >= 15 is 0 Å². The molecule has 4 aromatic carbocycles. The molecule has 0 aliphatic heterocycles. The minimum Gasteiger partial charge on any atom is -0.267 e. The van der Waals surface area contributed by atoms with E-state index in [0.717, 1.165) is 49.3 Å². The van der Waals surface area contributed by atoms with Crippen molar-refractivity contribution in [3.63, 3.8) is 0 Å². The number of benzene rings is 4. The first-order chi connectivity index (χ1) is 16.3. The van der Waals surface area contributed by atoms with Crippen LogP contribution in [0, 0.1) is 0 Å². The molecule has 158 valence electrons. The van der Waals surface area contributed by atoms with Gasteiger partial charge in [0, 0.05) is 21.7 Å². The molecule has 3 nitrogen and oxygen atoms in total. The Morgan fingerprint density at radius 1 is 0.606 bits per heavy atom. The van der Waals surface area contributed by atoms with Gasteiger partial charge in [-0.25, -0.2) is 9.97 Å². The maximum absolute atomic E-state index is 6.20. The number of aromatic nitrogens is 3. The smallest absolute Gasteiger partial charge is 0.196 e. The van der Waals surface area contributed by atoms with Crippen LogP contribution in [0.25, 0.3) is 49.3 Å². The predicted octanol–water partition coefficient (Wildman–Crippen LogP) is 8.14. The molecule has 0 radical (unpaired) electrons. The van der Waals surface area contributed by atoms with Crippen LogP contribution in [0.15, 0.2) is 109 Å². The minimum atomic E-state index is 0.698. The molecule has 6 rings (SSSR count). The summed E-state index contributed by atoms with van der Waals surface area (Å²) in [7, 11) is 0. The Hall–Kier alpha value is -3.73. The summed E-state index contributed by atoms with van der Waals surface area (Å²) < 4.78 is 3.33. The number of halogens is 1. The third-order valence-electron chi connectivity index (χ3n) is 5.55. The lowest BCUT2D eigenvalue weighted by Crippen LogP contribution is -1.99. The second-order valence-electron chi connectivity index (χ2n) is 7.67. The van der Waals surface area contributed by atoms with Gasteiger partial charge in [-0.15, -0.1) is 0 Å². The van der Waals surface area contributed by atoms with E-state index in [0.29, 0.717) is 5.02 Å². The van der Waals surface area contributed by atoms with E-state index in [-0.39, 0.29) is 0 Å². The van der Waals surface area contributed by atoms with Crippen molar-refractivity contribution < 1.29 is 0 Å². The van der Waals surface area contributed by atoms with Gasteiger partial charge in [0.05, 0.1) is 21.6 Å². The fourth-order valence-corrected chi connectivity index (χ4v) is 5.11. The third-order valence-corrected chi connectivity index (χ3v) is 6.82. The van der Waals surface area contributed by atoms with E-state index in [1.54, 1.807) is 11.3 Å². The molecule has 0 atom stereocenters. The quantitative estimate of drug-likeness (QED) is 0.264. The second-order valence-corrected chi connectivity index (χ2v) is 9.12. The maximum Gasteiger partial charge on any atom is 0.196 e. The fraction of sp³-hybridized carbons (Fsp3) is 0. The Kier molecular flexibility index (Phi) is 5.02. The summed E-state index contributed by atoms with van der Waals surface area (Å²) in [5, 5.41) is 1.58. The van der Waals surface area contributed by atoms with Crippen molar-refractivity contribution in [3.05, 3.63) is 114 Å². The first-order valence-electron chi connectivity index (χ1n) is 10.6. The molecule has 0 saturated heterocycles. The summed E-state index contributed by atoms with van der Waals surface area (Å²) in [6.07, 6.45) is 0. The summed E-state index contributed by atoms with van der Waals surface area (Å²) in [4.78, 5) is 10.2. The monoisotopic (exact) mass is 463 g/mol. The summed E-state index contributed by atoms with van der Waals surface area (Å²) in [6.45, 7) is 0. The van der Waals surface area contributed by atoms with E-state index in [9.17, 15) is 0 Å². The van der Waals surface area contributed by atoms with Crippen LogP contribution in [0.4, 0.5) is 0 Å². The fourth-order valence-electron chi connectivity index (χ4n) is 4.01. The zero-order chi connectivity index (χ0) is 22.2. The van der Waals surface area contributed by atoms with Crippen molar-refractivity contribution in [1.82, 2.24) is 14.5 Å². The lowest BCUT2D eigenvalue weighted by atomic mass is 10.0. The highest BCUT2D eigenvalue weighted by molar-refractivity contribution is 7.20. The number of hydrogen-bond donors (Lipinski definition) is 0. The van der Waals surface area contributed by atoms with E-state index in [2.05, 4.69) is 53.1 Å². The first-order valence-corrected chi connectivity index (χ1v) is 11.8. The molecule has 0 unspecified atom stereocenters. The van der Waals surface area contributed by atoms with Crippen LogP contribution in [0.2, 0.25) is 5.02 Å². The van der Waals surface area contributed by atoms with Gasteiger partial charge < -0.3 is 0 Å². The minimum absolute atomic E-state index is 0.698. The van der Waals surface area contributed by atoms with Crippen LogP contribution in [0.5, 0.6) is 0 Å². The number of para-hydroxylation sites is 1. The van der Waals surface area contributed by atoms with Crippen LogP contribution in [-0.4, -0.2) is 14.5 Å². The predicted molar refractivity (Wildman–Crippen MR) is 138 cm³/mol. The first kappa shape index (κ1) is 19.9. The molecule has 2 aromatic heterocycles. The number of rotatable bonds is 4. The summed E-state index contributed by atoms with van der Waals surface area (Å²) in [5.41, 5.74) is 6.05. The van der Waals surface area contributed by atoms with Crippen LogP contribution < -0.4 is 0 Å². The highest BCUT2D eigenvalue weighted by Gasteiger charge is 2.24. The second kappa shape index (κ2) is 8.32. The van der Waals surface area contributed by atoms with Gasteiger partial charge in [-0.05, 0) is 36.4 Å². The van der Waals surface area contributed by atoms with Crippen molar-refractivity contribution in [2.24, 2.45) is 0 Å². The normalized spacial score (nSPS) is 11.2. The lowest BCUT2D eigenvalue weighted by Gasteiger charge is -2.11. The average Bonchev–Trinajstić information content (AvgIpc) is 3.47. The molecule has 5 heteroatoms. The van der Waals surface area contributed by atoms with Crippen LogP contribution in [-0.2, 0) is 0 Å². The molecule has 0 spiro atoms. The van der Waals surface area contributed by atoms with Gasteiger partial charge in [0.2, 0.25) is 0 Å². The molecular formula is C28H18ClN3S. The van der Waals surface area contributed by atoms with Crippen molar-refractivity contribution in [1.29, 1.82) is 0 Å². The number of hydrogen-bond acceptors (Lipinski definition) is 3. The molecule has 0 fully saturated rings. The highest BCUT2D eigenvalue weighted by atomic mass is 35.5. The Balaban J connectivity index is 1.72. The van der Waals surface area contributed by atoms with Crippen molar-refractivity contribution in [2.45, 2.75) is 0 Å². The van der Waals surface area contributed by atoms with Gasteiger partial charge in [-0.1, -0.05) is 95.7 Å². The molecule has 2 heterocycles. The van der Waals surface area contributed by atoms with Gasteiger partial charge in [0.15, 0.2) is 5.13 Å². The largest absolute Gasteiger partial charge is 0.267 e. The Morgan fingerprint density at radius 2 is 1.24 bits per heavy atom. The van der Waals surface area contributed by atoms with E-state index in [1.165, 1.54) is 0 Å². The summed E-state index contributed by atoms with van der Waals surface area (Å²) in [5.74, 6) is 0.837. The van der Waals surface area contributed by atoms with Gasteiger partial charge in [0.25, 0.3) is 0 Å².